The number of aliphatic hydroxyl groups is 1. The van der Waals surface area contributed by atoms with Gasteiger partial charge in [0.25, 0.3) is 5.56 Å². The van der Waals surface area contributed by atoms with Gasteiger partial charge in [-0.25, -0.2) is 0 Å². The first-order valence-electron chi connectivity index (χ1n) is 5.96. The van der Waals surface area contributed by atoms with Gasteiger partial charge in [0.2, 0.25) is 0 Å². The molecule has 18 heavy (non-hydrogen) atoms. The number of hydrogen-bond donors (Lipinski definition) is 1. The van der Waals surface area contributed by atoms with E-state index in [4.69, 9.17) is 9.84 Å². The molecule has 0 saturated carbocycles. The molecule has 4 nitrogen and oxygen atoms in total. The summed E-state index contributed by atoms with van der Waals surface area (Å²) < 4.78 is 6.87. The molecule has 0 aliphatic heterocycles. The molecule has 2 aromatic rings. The molecule has 1 aromatic carbocycles. The van der Waals surface area contributed by atoms with Crippen molar-refractivity contribution in [2.24, 2.45) is 0 Å². The second-order valence-electron chi connectivity index (χ2n) is 4.26. The van der Waals surface area contributed by atoms with Gasteiger partial charge in [0.05, 0.1) is 12.5 Å². The van der Waals surface area contributed by atoms with Gasteiger partial charge < -0.3 is 14.4 Å². The maximum atomic E-state index is 12.4. The highest BCUT2D eigenvalue weighted by molar-refractivity contribution is 5.90. The molecular weight excluding hydrogens is 230 g/mol. The molecule has 0 aliphatic carbocycles. The van der Waals surface area contributed by atoms with Crippen LogP contribution in [0.15, 0.2) is 29.2 Å². The quantitative estimate of drug-likeness (QED) is 0.894. The van der Waals surface area contributed by atoms with E-state index in [1.807, 2.05) is 25.1 Å². The van der Waals surface area contributed by atoms with Crippen molar-refractivity contribution in [1.29, 1.82) is 0 Å². The zero-order valence-corrected chi connectivity index (χ0v) is 10.6. The number of methoxy groups -OCH3 is 1. The van der Waals surface area contributed by atoms with Crippen LogP contribution in [0, 0.1) is 6.92 Å². The second kappa shape index (κ2) is 5.23. The van der Waals surface area contributed by atoms with E-state index in [2.05, 4.69) is 0 Å². The van der Waals surface area contributed by atoms with Crippen LogP contribution in [0.25, 0.3) is 10.8 Å². The largest absolute Gasteiger partial charge is 0.496 e. The molecule has 1 aromatic heterocycles. The van der Waals surface area contributed by atoms with Gasteiger partial charge >= 0.3 is 0 Å². The molecule has 0 spiro atoms. The summed E-state index contributed by atoms with van der Waals surface area (Å²) in [5.41, 5.74) is 0.985. The summed E-state index contributed by atoms with van der Waals surface area (Å²) in [5, 5.41) is 10.4. The van der Waals surface area contributed by atoms with Gasteiger partial charge in [-0.15, -0.1) is 0 Å². The first-order chi connectivity index (χ1) is 8.69. The van der Waals surface area contributed by atoms with Gasteiger partial charge in [-0.05, 0) is 36.4 Å². The van der Waals surface area contributed by atoms with Crippen LogP contribution in [0.5, 0.6) is 5.75 Å². The topological polar surface area (TPSA) is 51.5 Å². The van der Waals surface area contributed by atoms with Crippen molar-refractivity contribution in [3.8, 4) is 5.75 Å². The van der Waals surface area contributed by atoms with Crippen LogP contribution in [0.1, 0.15) is 12.0 Å². The third kappa shape index (κ3) is 2.11. The minimum absolute atomic E-state index is 0.0681. The minimum Gasteiger partial charge on any atom is -0.496 e. The first kappa shape index (κ1) is 12.6. The van der Waals surface area contributed by atoms with E-state index in [-0.39, 0.29) is 12.2 Å². The molecule has 4 heteroatoms. The third-order valence-corrected chi connectivity index (χ3v) is 3.10. The number of aliphatic hydroxyl groups excluding tert-OH is 1. The fraction of sp³-hybridized carbons (Fsp3) is 0.357. The molecule has 0 aliphatic rings. The van der Waals surface area contributed by atoms with Crippen molar-refractivity contribution >= 4 is 10.8 Å². The molecule has 0 fully saturated rings. The summed E-state index contributed by atoms with van der Waals surface area (Å²) in [7, 11) is 1.56. The van der Waals surface area contributed by atoms with Gasteiger partial charge in [-0.2, -0.15) is 0 Å². The lowest BCUT2D eigenvalue weighted by atomic mass is 10.1. The van der Waals surface area contributed by atoms with E-state index < -0.39 is 0 Å². The van der Waals surface area contributed by atoms with Crippen molar-refractivity contribution in [1.82, 2.24) is 4.57 Å². The van der Waals surface area contributed by atoms with Crippen molar-refractivity contribution in [3.63, 3.8) is 0 Å². The van der Waals surface area contributed by atoms with E-state index in [0.29, 0.717) is 24.1 Å². The van der Waals surface area contributed by atoms with Crippen LogP contribution in [-0.4, -0.2) is 23.4 Å². The Labute approximate surface area is 105 Å². The van der Waals surface area contributed by atoms with Crippen LogP contribution in [-0.2, 0) is 6.54 Å². The number of nitrogens with zero attached hydrogens (tertiary/aromatic N) is 1. The molecule has 1 heterocycles. The number of pyridine rings is 1. The first-order valence-corrected chi connectivity index (χ1v) is 5.96. The SMILES string of the molecule is COc1ccc(C)c2ccn(CCCO)c(=O)c12. The normalized spacial score (nSPS) is 10.8. The number of hydrogen-bond acceptors (Lipinski definition) is 3. The Bertz CT molecular complexity index is 616. The monoisotopic (exact) mass is 247 g/mol. The van der Waals surface area contributed by atoms with Crippen LogP contribution in [0.3, 0.4) is 0 Å². The minimum atomic E-state index is -0.0681. The summed E-state index contributed by atoms with van der Waals surface area (Å²) >= 11 is 0. The summed E-state index contributed by atoms with van der Waals surface area (Å²) in [5.74, 6) is 0.596. The van der Waals surface area contributed by atoms with E-state index in [9.17, 15) is 4.79 Å². The Morgan fingerprint density at radius 3 is 2.78 bits per heavy atom. The molecule has 96 valence electrons. The Hall–Kier alpha value is -1.81. The summed E-state index contributed by atoms with van der Waals surface area (Å²) in [6.07, 6.45) is 2.34. The average molecular weight is 247 g/mol. The predicted molar refractivity (Wildman–Crippen MR) is 71.2 cm³/mol. The zero-order valence-electron chi connectivity index (χ0n) is 10.6. The van der Waals surface area contributed by atoms with Gasteiger partial charge in [0.1, 0.15) is 5.75 Å². The van der Waals surface area contributed by atoms with E-state index in [0.717, 1.165) is 10.9 Å². The maximum Gasteiger partial charge on any atom is 0.262 e. The molecule has 0 atom stereocenters. The average Bonchev–Trinajstić information content (AvgIpc) is 2.39. The smallest absolute Gasteiger partial charge is 0.262 e. The van der Waals surface area contributed by atoms with Crippen molar-refractivity contribution < 1.29 is 9.84 Å². The molecule has 0 amide bonds. The lowest BCUT2D eigenvalue weighted by Gasteiger charge is -2.10. The molecule has 2 rings (SSSR count). The second-order valence-corrected chi connectivity index (χ2v) is 4.26. The van der Waals surface area contributed by atoms with Crippen LogP contribution in [0.4, 0.5) is 0 Å². The number of fused-ring (bicyclic) bond motifs is 1. The van der Waals surface area contributed by atoms with E-state index in [1.54, 1.807) is 17.9 Å². The third-order valence-electron chi connectivity index (χ3n) is 3.10. The van der Waals surface area contributed by atoms with Crippen LogP contribution in [0.2, 0.25) is 0 Å². The lowest BCUT2D eigenvalue weighted by molar-refractivity contribution is 0.279. The van der Waals surface area contributed by atoms with E-state index in [1.165, 1.54) is 0 Å². The molecule has 1 N–H and O–H groups in total. The van der Waals surface area contributed by atoms with E-state index >= 15 is 0 Å². The number of rotatable bonds is 4. The number of aryl methyl sites for hydroxylation is 2. The highest BCUT2D eigenvalue weighted by Crippen LogP contribution is 2.24. The van der Waals surface area contributed by atoms with Crippen molar-refractivity contribution in [2.45, 2.75) is 19.9 Å². The predicted octanol–water partition coefficient (Wildman–Crippen LogP) is 1.70. The zero-order chi connectivity index (χ0) is 13.1. The molecule has 0 bridgehead atoms. The highest BCUT2D eigenvalue weighted by Gasteiger charge is 2.10. The maximum absolute atomic E-state index is 12.4. The molecular formula is C14H17NO3. The van der Waals surface area contributed by atoms with Crippen molar-refractivity contribution in [3.05, 3.63) is 40.3 Å². The molecule has 0 radical (unpaired) electrons. The van der Waals surface area contributed by atoms with Gasteiger partial charge in [0.15, 0.2) is 0 Å². The Kier molecular flexibility index (Phi) is 3.67. The van der Waals surface area contributed by atoms with Crippen LogP contribution < -0.4 is 10.3 Å². The standard InChI is InChI=1S/C14H17NO3/c1-10-4-5-12(18-2)13-11(10)6-8-15(14(13)17)7-3-9-16/h4-6,8,16H,3,7,9H2,1-2H3. The summed E-state index contributed by atoms with van der Waals surface area (Å²) in [6.45, 7) is 2.57. The Morgan fingerprint density at radius 1 is 1.33 bits per heavy atom. The van der Waals surface area contributed by atoms with Gasteiger partial charge in [0, 0.05) is 19.3 Å². The number of aromatic nitrogens is 1. The van der Waals surface area contributed by atoms with Crippen molar-refractivity contribution in [2.75, 3.05) is 13.7 Å². The Balaban J connectivity index is 2.68. The fourth-order valence-electron chi connectivity index (χ4n) is 2.10. The fourth-order valence-corrected chi connectivity index (χ4v) is 2.10. The molecule has 0 unspecified atom stereocenters. The number of ether oxygens (including phenoxy) is 1. The summed E-state index contributed by atoms with van der Waals surface area (Å²) in [6, 6.07) is 5.68. The Morgan fingerprint density at radius 2 is 2.11 bits per heavy atom. The molecule has 0 saturated heterocycles. The number of benzene rings is 1. The van der Waals surface area contributed by atoms with Gasteiger partial charge in [-0.3, -0.25) is 4.79 Å². The lowest BCUT2D eigenvalue weighted by Crippen LogP contribution is -2.20. The van der Waals surface area contributed by atoms with Crippen LogP contribution >= 0.6 is 0 Å². The van der Waals surface area contributed by atoms with Gasteiger partial charge in [-0.1, -0.05) is 6.07 Å². The summed E-state index contributed by atoms with van der Waals surface area (Å²) in [4.78, 5) is 12.4. The highest BCUT2D eigenvalue weighted by atomic mass is 16.5.